The number of aromatic nitrogens is 2. The highest BCUT2D eigenvalue weighted by Crippen LogP contribution is 2.39. The van der Waals surface area contributed by atoms with Crippen molar-refractivity contribution in [2.24, 2.45) is 11.7 Å². The number of primary amides is 1. The van der Waals surface area contributed by atoms with Crippen LogP contribution < -0.4 is 15.9 Å². The van der Waals surface area contributed by atoms with E-state index in [1.165, 1.54) is 0 Å². The lowest BCUT2D eigenvalue weighted by Gasteiger charge is -2.36. The van der Waals surface area contributed by atoms with Gasteiger partial charge < -0.3 is 20.8 Å². The van der Waals surface area contributed by atoms with Gasteiger partial charge in [-0.3, -0.25) is 4.79 Å². The molecule has 2 aliphatic heterocycles. The average molecular weight is 443 g/mol. The van der Waals surface area contributed by atoms with E-state index in [4.69, 9.17) is 20.7 Å². The quantitative estimate of drug-likeness (QED) is 0.584. The minimum Gasteiger partial charge on any atom is -0.457 e. The molecule has 2 aliphatic rings. The van der Waals surface area contributed by atoms with Crippen molar-refractivity contribution in [3.05, 3.63) is 66.1 Å². The van der Waals surface area contributed by atoms with Crippen LogP contribution in [0.15, 0.2) is 54.6 Å². The van der Waals surface area contributed by atoms with Gasteiger partial charge in [0.05, 0.1) is 0 Å². The summed E-state index contributed by atoms with van der Waals surface area (Å²) in [6, 6.07) is 17.1. The molecule has 0 saturated carbocycles. The zero-order valence-corrected chi connectivity index (χ0v) is 18.3. The molecule has 8 heteroatoms. The van der Waals surface area contributed by atoms with Gasteiger partial charge >= 0.3 is 0 Å². The van der Waals surface area contributed by atoms with E-state index >= 15 is 0 Å². The number of imidazole rings is 1. The summed E-state index contributed by atoms with van der Waals surface area (Å²) in [5.41, 5.74) is 10.9. The second-order valence-electron chi connectivity index (χ2n) is 8.53. The molecule has 3 aromatic rings. The van der Waals surface area contributed by atoms with Crippen LogP contribution in [0.4, 0.5) is 0 Å². The number of hydrogen-bond donors (Lipinski definition) is 2. The Kier molecular flexibility index (Phi) is 5.61. The van der Waals surface area contributed by atoms with Gasteiger partial charge in [-0.15, -0.1) is 0 Å². The normalized spacial score (nSPS) is 18.2. The fraction of sp³-hybridized carbons (Fsp3) is 0.320. The van der Waals surface area contributed by atoms with Crippen LogP contribution in [0.2, 0.25) is 0 Å². The Morgan fingerprint density at radius 1 is 1.06 bits per heavy atom. The van der Waals surface area contributed by atoms with Crippen molar-refractivity contribution in [2.75, 3.05) is 25.1 Å². The number of likely N-dealkylation sites (tertiary alicyclic amines) is 1. The molecule has 5 rings (SSSR count). The number of piperidine rings is 1. The van der Waals surface area contributed by atoms with E-state index in [2.05, 4.69) is 11.6 Å². The Morgan fingerprint density at radius 2 is 1.76 bits per heavy atom. The SMILES string of the molecule is N#CN1CCC(C2CCNn3c2nc(-c2ccc(Oc4ccccc4)cc2)c3C(N)=O)CC1. The van der Waals surface area contributed by atoms with Gasteiger partial charge in [0.1, 0.15) is 23.0 Å². The summed E-state index contributed by atoms with van der Waals surface area (Å²) in [7, 11) is 0. The number of benzene rings is 2. The number of hydrogen-bond acceptors (Lipinski definition) is 6. The Morgan fingerprint density at radius 3 is 2.42 bits per heavy atom. The van der Waals surface area contributed by atoms with Gasteiger partial charge in [-0.1, -0.05) is 18.2 Å². The molecule has 0 spiro atoms. The van der Waals surface area contributed by atoms with Crippen LogP contribution in [0, 0.1) is 17.4 Å². The molecule has 2 aromatic carbocycles. The fourth-order valence-electron chi connectivity index (χ4n) is 4.89. The maximum absolute atomic E-state index is 12.5. The lowest BCUT2D eigenvalue weighted by Crippen LogP contribution is -2.38. The van der Waals surface area contributed by atoms with Crippen molar-refractivity contribution in [3.8, 4) is 28.9 Å². The molecule has 1 atom stereocenters. The van der Waals surface area contributed by atoms with Gasteiger partial charge in [0.25, 0.3) is 5.91 Å². The largest absolute Gasteiger partial charge is 0.457 e. The minimum atomic E-state index is -0.513. The van der Waals surface area contributed by atoms with Crippen molar-refractivity contribution >= 4 is 5.91 Å². The third-order valence-corrected chi connectivity index (χ3v) is 6.55. The number of fused-ring (bicyclic) bond motifs is 1. The fourth-order valence-corrected chi connectivity index (χ4v) is 4.89. The molecule has 0 radical (unpaired) electrons. The lowest BCUT2D eigenvalue weighted by atomic mass is 9.81. The lowest BCUT2D eigenvalue weighted by molar-refractivity contribution is 0.0992. The molecule has 0 bridgehead atoms. The molecule has 0 aliphatic carbocycles. The Hall–Kier alpha value is -3.99. The summed E-state index contributed by atoms with van der Waals surface area (Å²) in [5, 5.41) is 9.16. The van der Waals surface area contributed by atoms with E-state index in [0.717, 1.165) is 56.0 Å². The van der Waals surface area contributed by atoms with Crippen LogP contribution in [-0.4, -0.2) is 40.1 Å². The van der Waals surface area contributed by atoms with Gasteiger partial charge in [-0.25, -0.2) is 9.66 Å². The van der Waals surface area contributed by atoms with E-state index in [9.17, 15) is 4.79 Å². The van der Waals surface area contributed by atoms with Crippen molar-refractivity contribution in [1.82, 2.24) is 14.6 Å². The molecule has 1 unspecified atom stereocenters. The van der Waals surface area contributed by atoms with Crippen LogP contribution in [0.25, 0.3) is 11.3 Å². The highest BCUT2D eigenvalue weighted by molar-refractivity contribution is 5.97. The standard InChI is InChI=1S/C25H26N6O2/c26-16-30-14-11-17(12-15-30)21-10-13-28-31-23(24(27)32)22(29-25(21)31)18-6-8-20(9-7-18)33-19-4-2-1-3-5-19/h1-9,17,21,28H,10-15H2,(H2,27,32). The topological polar surface area (TPSA) is 109 Å². The molecular weight excluding hydrogens is 416 g/mol. The molecule has 1 fully saturated rings. The van der Waals surface area contributed by atoms with Crippen molar-refractivity contribution in [3.63, 3.8) is 0 Å². The predicted octanol–water partition coefficient (Wildman–Crippen LogP) is 3.67. The van der Waals surface area contributed by atoms with E-state index in [-0.39, 0.29) is 5.92 Å². The number of ether oxygens (including phenoxy) is 1. The molecular formula is C25H26N6O2. The van der Waals surface area contributed by atoms with Crippen molar-refractivity contribution < 1.29 is 9.53 Å². The monoisotopic (exact) mass is 442 g/mol. The number of carbonyl (C=O) groups is 1. The van der Waals surface area contributed by atoms with Crippen LogP contribution in [-0.2, 0) is 0 Å². The average Bonchev–Trinajstić information content (AvgIpc) is 3.25. The smallest absolute Gasteiger partial charge is 0.269 e. The van der Waals surface area contributed by atoms with Crippen LogP contribution >= 0.6 is 0 Å². The van der Waals surface area contributed by atoms with E-state index in [0.29, 0.717) is 23.1 Å². The highest BCUT2D eigenvalue weighted by atomic mass is 16.5. The molecule has 1 amide bonds. The maximum atomic E-state index is 12.5. The van der Waals surface area contributed by atoms with Crippen LogP contribution in [0.3, 0.4) is 0 Å². The van der Waals surface area contributed by atoms with Crippen molar-refractivity contribution in [1.29, 1.82) is 5.26 Å². The summed E-state index contributed by atoms with van der Waals surface area (Å²) in [6.07, 6.45) is 5.07. The van der Waals surface area contributed by atoms with Crippen molar-refractivity contribution in [2.45, 2.75) is 25.2 Å². The number of amides is 1. The minimum absolute atomic E-state index is 0.222. The van der Waals surface area contributed by atoms with Crippen LogP contribution in [0.1, 0.15) is 41.5 Å². The summed E-state index contributed by atoms with van der Waals surface area (Å²) in [6.45, 7) is 2.28. The van der Waals surface area contributed by atoms with E-state index in [1.54, 1.807) is 4.68 Å². The second-order valence-corrected chi connectivity index (χ2v) is 8.53. The van der Waals surface area contributed by atoms with Gasteiger partial charge in [-0.05, 0) is 61.6 Å². The van der Waals surface area contributed by atoms with Gasteiger partial charge in [0.2, 0.25) is 0 Å². The zero-order valence-electron chi connectivity index (χ0n) is 18.3. The molecule has 1 saturated heterocycles. The predicted molar refractivity (Wildman–Crippen MR) is 124 cm³/mol. The first-order chi connectivity index (χ1) is 16.1. The number of nitriles is 1. The maximum Gasteiger partial charge on any atom is 0.269 e. The number of nitrogens with one attached hydrogen (secondary N) is 1. The first kappa shape index (κ1) is 20.9. The van der Waals surface area contributed by atoms with Gasteiger partial charge in [0.15, 0.2) is 11.9 Å². The van der Waals surface area contributed by atoms with E-state index in [1.807, 2.05) is 59.5 Å². The first-order valence-electron chi connectivity index (χ1n) is 11.3. The van der Waals surface area contributed by atoms with E-state index < -0.39 is 5.91 Å². The number of nitrogens with zero attached hydrogens (tertiary/aromatic N) is 4. The number of rotatable bonds is 5. The third-order valence-electron chi connectivity index (χ3n) is 6.55. The Bertz CT molecular complexity index is 1170. The second kappa shape index (κ2) is 8.87. The van der Waals surface area contributed by atoms with Crippen LogP contribution in [0.5, 0.6) is 11.5 Å². The number of para-hydroxylation sites is 1. The zero-order chi connectivity index (χ0) is 22.8. The Labute approximate surface area is 192 Å². The number of nitrogens with two attached hydrogens (primary N) is 1. The highest BCUT2D eigenvalue weighted by Gasteiger charge is 2.35. The number of carbonyl (C=O) groups excluding carboxylic acids is 1. The summed E-state index contributed by atoms with van der Waals surface area (Å²) in [5.74, 6) is 2.45. The summed E-state index contributed by atoms with van der Waals surface area (Å²) < 4.78 is 7.67. The van der Waals surface area contributed by atoms with Gasteiger partial charge in [-0.2, -0.15) is 5.26 Å². The molecule has 3 heterocycles. The molecule has 3 N–H and O–H groups in total. The molecule has 168 valence electrons. The third kappa shape index (κ3) is 4.10. The van der Waals surface area contributed by atoms with Gasteiger partial charge in [0, 0.05) is 31.1 Å². The molecule has 33 heavy (non-hydrogen) atoms. The molecule has 8 nitrogen and oxygen atoms in total. The Balaban J connectivity index is 1.44. The summed E-state index contributed by atoms with van der Waals surface area (Å²) in [4.78, 5) is 19.2. The summed E-state index contributed by atoms with van der Waals surface area (Å²) >= 11 is 0. The first-order valence-corrected chi connectivity index (χ1v) is 11.3. The molecule has 1 aromatic heterocycles.